The second-order valence-electron chi connectivity index (χ2n) is 5.74. The van der Waals surface area contributed by atoms with Gasteiger partial charge in [-0.1, -0.05) is 36.4 Å². The van der Waals surface area contributed by atoms with Crippen LogP contribution in [0, 0.1) is 5.82 Å². The molecule has 0 spiro atoms. The lowest BCUT2D eigenvalue weighted by Crippen LogP contribution is -2.29. The number of hydrogen-bond donors (Lipinski definition) is 1. The highest BCUT2D eigenvalue weighted by Gasteiger charge is 2.11. The number of carbonyl (C=O) groups excluding carboxylic acids is 1. The molecule has 0 aliphatic carbocycles. The monoisotopic (exact) mass is 355 g/mol. The molecule has 2 aromatic carbocycles. The zero-order chi connectivity index (χ0) is 17.6. The summed E-state index contributed by atoms with van der Waals surface area (Å²) in [6, 6.07) is 15.9. The highest BCUT2D eigenvalue weighted by atomic mass is 32.1. The second kappa shape index (κ2) is 8.00. The molecule has 0 aliphatic heterocycles. The maximum atomic E-state index is 13.1. The Bertz CT molecular complexity index is 851. The normalized spacial score (nSPS) is 10.8. The first-order valence-corrected chi connectivity index (χ1v) is 8.72. The van der Waals surface area contributed by atoms with Crippen molar-refractivity contribution in [2.45, 2.75) is 6.54 Å². The Morgan fingerprint density at radius 3 is 2.76 bits per heavy atom. The number of likely N-dealkylation sites (N-methyl/N-ethyl adjacent to an activating group) is 1. The van der Waals surface area contributed by atoms with Gasteiger partial charge < -0.3 is 5.32 Å². The van der Waals surface area contributed by atoms with Crippen LogP contribution in [0.3, 0.4) is 0 Å². The number of anilines is 1. The molecule has 0 saturated carbocycles. The van der Waals surface area contributed by atoms with E-state index in [9.17, 15) is 9.18 Å². The molecule has 1 aromatic heterocycles. The van der Waals surface area contributed by atoms with Gasteiger partial charge >= 0.3 is 0 Å². The first-order valence-electron chi connectivity index (χ1n) is 7.84. The van der Waals surface area contributed by atoms with Crippen molar-refractivity contribution in [2.75, 3.05) is 18.9 Å². The Balaban J connectivity index is 1.55. The summed E-state index contributed by atoms with van der Waals surface area (Å²) in [5.74, 6) is -0.561. The van der Waals surface area contributed by atoms with Crippen LogP contribution in [0.5, 0.6) is 0 Å². The summed E-state index contributed by atoms with van der Waals surface area (Å²) in [6.45, 7) is 0.772. The summed E-state index contributed by atoms with van der Waals surface area (Å²) in [7, 11) is 1.85. The van der Waals surface area contributed by atoms with Crippen LogP contribution < -0.4 is 5.32 Å². The number of thiazole rings is 1. The summed E-state index contributed by atoms with van der Waals surface area (Å²) in [6.07, 6.45) is 0. The number of benzene rings is 2. The van der Waals surface area contributed by atoms with E-state index < -0.39 is 0 Å². The summed E-state index contributed by atoms with van der Waals surface area (Å²) in [5.41, 5.74) is 2.47. The Labute approximate surface area is 150 Å². The van der Waals surface area contributed by atoms with Crippen molar-refractivity contribution in [3.63, 3.8) is 0 Å². The maximum Gasteiger partial charge on any atom is 0.238 e. The first-order chi connectivity index (χ1) is 12.1. The minimum absolute atomic E-state index is 0.188. The maximum absolute atomic E-state index is 13.1. The number of nitrogens with one attached hydrogen (secondary N) is 1. The topological polar surface area (TPSA) is 45.2 Å². The van der Waals surface area contributed by atoms with Gasteiger partial charge in [0.25, 0.3) is 0 Å². The van der Waals surface area contributed by atoms with E-state index in [0.29, 0.717) is 12.2 Å². The number of aromatic nitrogens is 1. The lowest BCUT2D eigenvalue weighted by Gasteiger charge is -2.15. The molecule has 0 unspecified atom stereocenters. The zero-order valence-electron chi connectivity index (χ0n) is 13.8. The van der Waals surface area contributed by atoms with Gasteiger partial charge in [-0.05, 0) is 25.2 Å². The van der Waals surface area contributed by atoms with E-state index in [1.54, 1.807) is 23.5 Å². The Morgan fingerprint density at radius 1 is 1.20 bits per heavy atom. The molecule has 128 valence electrons. The molecule has 0 bridgehead atoms. The third-order valence-electron chi connectivity index (χ3n) is 3.53. The molecule has 3 aromatic rings. The average Bonchev–Trinajstić information content (AvgIpc) is 3.03. The van der Waals surface area contributed by atoms with E-state index in [1.807, 2.05) is 47.7 Å². The van der Waals surface area contributed by atoms with E-state index in [0.717, 1.165) is 16.3 Å². The summed E-state index contributed by atoms with van der Waals surface area (Å²) >= 11 is 1.59. The van der Waals surface area contributed by atoms with E-state index in [4.69, 9.17) is 0 Å². The van der Waals surface area contributed by atoms with Crippen LogP contribution in [0.1, 0.15) is 5.69 Å². The van der Waals surface area contributed by atoms with Crippen molar-refractivity contribution in [2.24, 2.45) is 0 Å². The van der Waals surface area contributed by atoms with E-state index in [2.05, 4.69) is 10.3 Å². The van der Waals surface area contributed by atoms with Crippen molar-refractivity contribution in [3.05, 3.63) is 71.5 Å². The number of hydrogen-bond acceptors (Lipinski definition) is 4. The lowest BCUT2D eigenvalue weighted by molar-refractivity contribution is -0.117. The molecular weight excluding hydrogens is 337 g/mol. The molecule has 0 fully saturated rings. The number of rotatable bonds is 6. The van der Waals surface area contributed by atoms with E-state index in [-0.39, 0.29) is 18.3 Å². The molecule has 0 saturated heterocycles. The van der Waals surface area contributed by atoms with E-state index >= 15 is 0 Å². The highest BCUT2D eigenvalue weighted by molar-refractivity contribution is 7.13. The fourth-order valence-electron chi connectivity index (χ4n) is 2.44. The van der Waals surface area contributed by atoms with Gasteiger partial charge in [0, 0.05) is 23.2 Å². The Hall–Kier alpha value is -2.57. The molecule has 0 radical (unpaired) electrons. The number of halogens is 1. The van der Waals surface area contributed by atoms with Gasteiger partial charge in [-0.25, -0.2) is 9.37 Å². The summed E-state index contributed by atoms with van der Waals surface area (Å²) < 4.78 is 13.1. The molecule has 25 heavy (non-hydrogen) atoms. The quantitative estimate of drug-likeness (QED) is 0.726. The van der Waals surface area contributed by atoms with Crippen molar-refractivity contribution in [3.8, 4) is 10.6 Å². The Kier molecular flexibility index (Phi) is 5.53. The van der Waals surface area contributed by atoms with Crippen LogP contribution in [0.2, 0.25) is 0 Å². The third kappa shape index (κ3) is 4.95. The van der Waals surface area contributed by atoms with Crippen molar-refractivity contribution in [1.82, 2.24) is 9.88 Å². The predicted molar refractivity (Wildman–Crippen MR) is 98.9 cm³/mol. The van der Waals surface area contributed by atoms with Gasteiger partial charge in [0.2, 0.25) is 5.91 Å². The minimum atomic E-state index is -0.373. The molecule has 4 nitrogen and oxygen atoms in total. The fourth-order valence-corrected chi connectivity index (χ4v) is 3.25. The van der Waals surface area contributed by atoms with Crippen LogP contribution >= 0.6 is 11.3 Å². The Morgan fingerprint density at radius 2 is 2.00 bits per heavy atom. The first kappa shape index (κ1) is 17.3. The van der Waals surface area contributed by atoms with Crippen LogP contribution in [0.25, 0.3) is 10.6 Å². The van der Waals surface area contributed by atoms with Crippen LogP contribution in [0.15, 0.2) is 60.0 Å². The van der Waals surface area contributed by atoms with Crippen molar-refractivity contribution >= 4 is 22.9 Å². The molecule has 1 heterocycles. The van der Waals surface area contributed by atoms with Gasteiger partial charge in [-0.2, -0.15) is 0 Å². The lowest BCUT2D eigenvalue weighted by atomic mass is 10.2. The van der Waals surface area contributed by atoms with Gasteiger partial charge in [-0.3, -0.25) is 9.69 Å². The molecule has 0 atom stereocenters. The molecule has 1 amide bonds. The fraction of sp³-hybridized carbons (Fsp3) is 0.158. The number of carbonyl (C=O) groups is 1. The second-order valence-corrected chi connectivity index (χ2v) is 6.60. The molecule has 0 aliphatic rings. The number of nitrogens with zero attached hydrogens (tertiary/aromatic N) is 2. The molecule has 1 N–H and O–H groups in total. The standard InChI is InChI=1S/C19H18FN3OS/c1-23(12-18(24)21-16-9-5-8-15(20)10-16)11-17-13-25-19(22-17)14-6-3-2-4-7-14/h2-10,13H,11-12H2,1H3,(H,21,24). The van der Waals surface area contributed by atoms with Crippen LogP contribution in [-0.4, -0.2) is 29.4 Å². The average molecular weight is 355 g/mol. The van der Waals surface area contributed by atoms with Crippen LogP contribution in [-0.2, 0) is 11.3 Å². The molecule has 6 heteroatoms. The largest absolute Gasteiger partial charge is 0.325 e. The van der Waals surface area contributed by atoms with Crippen LogP contribution in [0.4, 0.5) is 10.1 Å². The predicted octanol–water partition coefficient (Wildman–Crippen LogP) is 4.02. The smallest absolute Gasteiger partial charge is 0.238 e. The summed E-state index contributed by atoms with van der Waals surface area (Å²) in [5, 5.41) is 5.66. The molecule has 3 rings (SSSR count). The van der Waals surface area contributed by atoms with Crippen molar-refractivity contribution < 1.29 is 9.18 Å². The molecular formula is C19H18FN3OS. The highest BCUT2D eigenvalue weighted by Crippen LogP contribution is 2.23. The SMILES string of the molecule is CN(CC(=O)Nc1cccc(F)c1)Cc1csc(-c2ccccc2)n1. The van der Waals surface area contributed by atoms with Gasteiger partial charge in [0.05, 0.1) is 12.2 Å². The minimum Gasteiger partial charge on any atom is -0.325 e. The van der Waals surface area contributed by atoms with Gasteiger partial charge in [0.15, 0.2) is 0 Å². The van der Waals surface area contributed by atoms with Gasteiger partial charge in [-0.15, -0.1) is 11.3 Å². The van der Waals surface area contributed by atoms with Gasteiger partial charge in [0.1, 0.15) is 10.8 Å². The van der Waals surface area contributed by atoms with Crippen molar-refractivity contribution in [1.29, 1.82) is 0 Å². The number of amides is 1. The third-order valence-corrected chi connectivity index (χ3v) is 4.47. The van der Waals surface area contributed by atoms with E-state index in [1.165, 1.54) is 12.1 Å². The summed E-state index contributed by atoms with van der Waals surface area (Å²) in [4.78, 5) is 18.6. The zero-order valence-corrected chi connectivity index (χ0v) is 14.6.